The van der Waals surface area contributed by atoms with Gasteiger partial charge in [-0.05, 0) is 22.0 Å². The third kappa shape index (κ3) is 2.39. The van der Waals surface area contributed by atoms with Crippen molar-refractivity contribution in [1.29, 1.82) is 0 Å². The van der Waals surface area contributed by atoms with E-state index in [9.17, 15) is 0 Å². The molecule has 0 aliphatic carbocycles. The van der Waals surface area contributed by atoms with Gasteiger partial charge in [0.25, 0.3) is 0 Å². The minimum atomic E-state index is -0.167. The molecule has 0 unspecified atom stereocenters. The van der Waals surface area contributed by atoms with E-state index in [1.165, 1.54) is 0 Å². The fraction of sp³-hybridized carbons (Fsp3) is 0.556. The molecule has 0 amide bonds. The highest BCUT2D eigenvalue weighted by atomic mass is 79.9. The Morgan fingerprint density at radius 3 is 2.50 bits per heavy atom. The highest BCUT2D eigenvalue weighted by molar-refractivity contribution is 9.11. The number of thiophene rings is 1. The van der Waals surface area contributed by atoms with Crippen LogP contribution < -0.4 is 4.78 Å². The van der Waals surface area contributed by atoms with E-state index in [4.69, 9.17) is 9.31 Å². The maximum Gasteiger partial charge on any atom is 0.504 e. The van der Waals surface area contributed by atoms with E-state index in [1.807, 2.05) is 12.1 Å². The number of halogens is 1. The average molecular weight is 275 g/mol. The van der Waals surface area contributed by atoms with Crippen LogP contribution in [0, 0.1) is 5.41 Å². The smallest absolute Gasteiger partial charge is 0.406 e. The van der Waals surface area contributed by atoms with Crippen LogP contribution in [-0.4, -0.2) is 20.3 Å². The molecule has 14 heavy (non-hydrogen) atoms. The molecule has 1 saturated heterocycles. The summed E-state index contributed by atoms with van der Waals surface area (Å²) >= 11 is 5.09. The molecule has 1 aromatic rings. The molecule has 0 bridgehead atoms. The van der Waals surface area contributed by atoms with Crippen LogP contribution in [0.15, 0.2) is 15.9 Å². The van der Waals surface area contributed by atoms with Gasteiger partial charge in [0.2, 0.25) is 0 Å². The first-order chi connectivity index (χ1) is 6.57. The Morgan fingerprint density at radius 2 is 2.00 bits per heavy atom. The molecule has 76 valence electrons. The van der Waals surface area contributed by atoms with Gasteiger partial charge < -0.3 is 9.31 Å². The Hall–Kier alpha value is 0.165. The Balaban J connectivity index is 2.02. The van der Waals surface area contributed by atoms with Gasteiger partial charge in [-0.25, -0.2) is 0 Å². The lowest BCUT2D eigenvalue weighted by Crippen LogP contribution is -2.46. The summed E-state index contributed by atoms with van der Waals surface area (Å²) in [6.45, 7) is 5.81. The number of hydrogen-bond acceptors (Lipinski definition) is 3. The van der Waals surface area contributed by atoms with Gasteiger partial charge in [-0.1, -0.05) is 19.9 Å². The van der Waals surface area contributed by atoms with E-state index in [-0.39, 0.29) is 12.5 Å². The van der Waals surface area contributed by atoms with Crippen molar-refractivity contribution < 1.29 is 9.31 Å². The molecule has 0 saturated carbocycles. The van der Waals surface area contributed by atoms with Gasteiger partial charge in [-0.2, -0.15) is 0 Å². The predicted octanol–water partition coefficient (Wildman–Crippen LogP) is 2.28. The SMILES string of the molecule is CC1(C)COB(c2ccc(Br)s2)OC1. The van der Waals surface area contributed by atoms with Gasteiger partial charge in [0, 0.05) is 23.4 Å². The summed E-state index contributed by atoms with van der Waals surface area (Å²) in [6.07, 6.45) is 0. The van der Waals surface area contributed by atoms with Crippen LogP contribution in [-0.2, 0) is 9.31 Å². The Bertz CT molecular complexity index is 316. The topological polar surface area (TPSA) is 18.5 Å². The van der Waals surface area contributed by atoms with Gasteiger partial charge in [0.1, 0.15) is 0 Å². The van der Waals surface area contributed by atoms with E-state index in [1.54, 1.807) is 11.3 Å². The average Bonchev–Trinajstić information content (AvgIpc) is 2.52. The molecule has 2 nitrogen and oxygen atoms in total. The summed E-state index contributed by atoms with van der Waals surface area (Å²) < 4.78 is 13.6. The quantitative estimate of drug-likeness (QED) is 0.732. The van der Waals surface area contributed by atoms with Crippen LogP contribution in [0.5, 0.6) is 0 Å². The lowest BCUT2D eigenvalue weighted by molar-refractivity contribution is 0.0346. The van der Waals surface area contributed by atoms with Crippen molar-refractivity contribution in [2.24, 2.45) is 5.41 Å². The molecular formula is C9H12BBrO2S. The van der Waals surface area contributed by atoms with Gasteiger partial charge >= 0.3 is 7.12 Å². The Kier molecular flexibility index (Phi) is 3.02. The van der Waals surface area contributed by atoms with Gasteiger partial charge in [-0.3, -0.25) is 0 Å². The maximum atomic E-state index is 5.66. The summed E-state index contributed by atoms with van der Waals surface area (Å²) in [5.41, 5.74) is 0.144. The van der Waals surface area contributed by atoms with Crippen LogP contribution >= 0.6 is 27.3 Å². The molecule has 5 heteroatoms. The fourth-order valence-electron chi connectivity index (χ4n) is 1.31. The Labute approximate surface area is 96.9 Å². The fourth-order valence-corrected chi connectivity index (χ4v) is 2.73. The summed E-state index contributed by atoms with van der Waals surface area (Å²) in [5, 5.41) is 0. The standard InChI is InChI=1S/C9H12BBrO2S/c1-9(2)5-12-10(13-6-9)7-3-4-8(11)14-7/h3-4H,5-6H2,1-2H3. The van der Waals surface area contributed by atoms with Gasteiger partial charge in [-0.15, -0.1) is 11.3 Å². The third-order valence-corrected chi connectivity index (χ3v) is 3.72. The van der Waals surface area contributed by atoms with Crippen molar-refractivity contribution in [1.82, 2.24) is 0 Å². The predicted molar refractivity (Wildman–Crippen MR) is 63.1 cm³/mol. The summed E-state index contributed by atoms with van der Waals surface area (Å²) in [4.78, 5) is 0. The van der Waals surface area contributed by atoms with Gasteiger partial charge in [0.15, 0.2) is 0 Å². The molecule has 1 fully saturated rings. The van der Waals surface area contributed by atoms with Crippen LogP contribution in [0.1, 0.15) is 13.8 Å². The minimum Gasteiger partial charge on any atom is -0.406 e. The van der Waals surface area contributed by atoms with Crippen molar-refractivity contribution >= 4 is 39.2 Å². The van der Waals surface area contributed by atoms with Crippen molar-refractivity contribution in [2.75, 3.05) is 13.2 Å². The highest BCUT2D eigenvalue weighted by Gasteiger charge is 2.34. The molecule has 0 radical (unpaired) electrons. The molecule has 0 atom stereocenters. The van der Waals surface area contributed by atoms with Crippen molar-refractivity contribution in [2.45, 2.75) is 13.8 Å². The molecule has 1 aliphatic rings. The molecule has 0 spiro atoms. The zero-order valence-electron chi connectivity index (χ0n) is 8.25. The van der Waals surface area contributed by atoms with E-state index in [0.717, 1.165) is 21.8 Å². The van der Waals surface area contributed by atoms with Crippen LogP contribution in [0.4, 0.5) is 0 Å². The largest absolute Gasteiger partial charge is 0.504 e. The van der Waals surface area contributed by atoms with Crippen LogP contribution in [0.25, 0.3) is 0 Å². The van der Waals surface area contributed by atoms with Crippen molar-refractivity contribution in [3.05, 3.63) is 15.9 Å². The molecule has 0 N–H and O–H groups in total. The summed E-state index contributed by atoms with van der Waals surface area (Å²) in [5.74, 6) is 0. The highest BCUT2D eigenvalue weighted by Crippen LogP contribution is 2.23. The van der Waals surface area contributed by atoms with E-state index >= 15 is 0 Å². The van der Waals surface area contributed by atoms with Crippen molar-refractivity contribution in [3.63, 3.8) is 0 Å². The van der Waals surface area contributed by atoms with Crippen LogP contribution in [0.2, 0.25) is 0 Å². The van der Waals surface area contributed by atoms with E-state index < -0.39 is 0 Å². The Morgan fingerprint density at radius 1 is 1.36 bits per heavy atom. The van der Waals surface area contributed by atoms with Crippen LogP contribution in [0.3, 0.4) is 0 Å². The lowest BCUT2D eigenvalue weighted by atomic mass is 9.82. The monoisotopic (exact) mass is 274 g/mol. The summed E-state index contributed by atoms with van der Waals surface area (Å²) in [7, 11) is -0.167. The minimum absolute atomic E-state index is 0.144. The van der Waals surface area contributed by atoms with Gasteiger partial charge in [0.05, 0.1) is 3.79 Å². The molecular weight excluding hydrogens is 263 g/mol. The maximum absolute atomic E-state index is 5.66. The molecule has 1 aromatic heterocycles. The molecule has 1 aliphatic heterocycles. The second-order valence-electron chi connectivity index (χ2n) is 4.26. The second-order valence-corrected chi connectivity index (χ2v) is 6.75. The molecule has 0 aromatic carbocycles. The normalized spacial score (nSPS) is 21.2. The zero-order valence-corrected chi connectivity index (χ0v) is 10.7. The van der Waals surface area contributed by atoms with E-state index in [0.29, 0.717) is 0 Å². The molecule has 2 rings (SSSR count). The molecule has 2 heterocycles. The first-order valence-corrected chi connectivity index (χ1v) is 6.16. The van der Waals surface area contributed by atoms with Crippen molar-refractivity contribution in [3.8, 4) is 0 Å². The number of rotatable bonds is 1. The number of hydrogen-bond donors (Lipinski definition) is 0. The second kappa shape index (κ2) is 3.97. The first-order valence-electron chi connectivity index (χ1n) is 4.55. The van der Waals surface area contributed by atoms with E-state index in [2.05, 4.69) is 29.8 Å². The zero-order chi connectivity index (χ0) is 10.2. The lowest BCUT2D eigenvalue weighted by Gasteiger charge is -2.32. The third-order valence-electron chi connectivity index (χ3n) is 2.08. The summed E-state index contributed by atoms with van der Waals surface area (Å²) in [6, 6.07) is 4.06. The first kappa shape index (κ1) is 10.7.